The van der Waals surface area contributed by atoms with Crippen LogP contribution in [0.1, 0.15) is 18.3 Å². The van der Waals surface area contributed by atoms with Crippen LogP contribution in [0.25, 0.3) is 0 Å². The molecule has 0 aliphatic rings. The molecule has 0 aliphatic carbocycles. The minimum atomic E-state index is -0.516. The molecule has 0 fully saturated rings. The van der Waals surface area contributed by atoms with Gasteiger partial charge in [-0.3, -0.25) is 4.57 Å². The van der Waals surface area contributed by atoms with E-state index in [1.165, 1.54) is 0 Å². The number of aryl methyl sites for hydroxylation is 1. The summed E-state index contributed by atoms with van der Waals surface area (Å²) in [5, 5.41) is 30.0. The molecule has 0 spiro atoms. The quantitative estimate of drug-likeness (QED) is 0.527. The smallest absolute Gasteiger partial charge is 0.395 e. The van der Waals surface area contributed by atoms with Crippen molar-refractivity contribution in [3.63, 3.8) is 0 Å². The van der Waals surface area contributed by atoms with Crippen molar-refractivity contribution in [3.8, 4) is 0 Å². The Morgan fingerprint density at radius 3 is 2.33 bits per heavy atom. The number of anilines is 1. The molecule has 8 nitrogen and oxygen atoms in total. The van der Waals surface area contributed by atoms with E-state index in [4.69, 9.17) is 0 Å². The molecule has 2 aromatic rings. The van der Waals surface area contributed by atoms with Crippen molar-refractivity contribution >= 4 is 11.6 Å². The summed E-state index contributed by atoms with van der Waals surface area (Å²) in [7, 11) is 0. The number of rotatable bonds is 9. The van der Waals surface area contributed by atoms with Gasteiger partial charge in [0.05, 0.1) is 19.8 Å². The van der Waals surface area contributed by atoms with Gasteiger partial charge in [-0.05, 0) is 15.5 Å². The van der Waals surface area contributed by atoms with Gasteiger partial charge in [0.2, 0.25) is 11.6 Å². The predicted molar refractivity (Wildman–Crippen MR) is 90.2 cm³/mol. The zero-order valence-electron chi connectivity index (χ0n) is 13.6. The fraction of sp³-hybridized carbons (Fsp3) is 0.438. The number of imidazole rings is 1. The van der Waals surface area contributed by atoms with Crippen LogP contribution in [-0.2, 0) is 13.0 Å². The van der Waals surface area contributed by atoms with E-state index in [-0.39, 0.29) is 32.1 Å². The van der Waals surface area contributed by atoms with Gasteiger partial charge in [-0.1, -0.05) is 37.3 Å². The second-order valence-corrected chi connectivity index (χ2v) is 5.29. The zero-order valence-corrected chi connectivity index (χ0v) is 13.6. The summed E-state index contributed by atoms with van der Waals surface area (Å²) in [6.45, 7) is 2.35. The number of aliphatic hydroxyl groups excluding tert-OH is 2. The first kappa shape index (κ1) is 17.9. The molecule has 2 N–H and O–H groups in total. The van der Waals surface area contributed by atoms with Crippen LogP contribution in [0, 0.1) is 10.1 Å². The molecule has 0 bridgehead atoms. The first-order valence-corrected chi connectivity index (χ1v) is 7.86. The number of nitrogens with zero attached hydrogens (tertiary/aromatic N) is 4. The number of aliphatic hydroxyl groups is 2. The van der Waals surface area contributed by atoms with E-state index in [1.807, 2.05) is 37.3 Å². The van der Waals surface area contributed by atoms with Crippen molar-refractivity contribution in [1.29, 1.82) is 0 Å². The van der Waals surface area contributed by atoms with Gasteiger partial charge in [0.25, 0.3) is 0 Å². The molecule has 0 unspecified atom stereocenters. The fourth-order valence-electron chi connectivity index (χ4n) is 2.68. The van der Waals surface area contributed by atoms with Gasteiger partial charge in [-0.2, -0.15) is 0 Å². The Morgan fingerprint density at radius 1 is 1.21 bits per heavy atom. The third-order valence-corrected chi connectivity index (χ3v) is 3.71. The second-order valence-electron chi connectivity index (χ2n) is 5.29. The predicted octanol–water partition coefficient (Wildman–Crippen LogP) is 1.19. The number of hydrogen-bond acceptors (Lipinski definition) is 6. The van der Waals surface area contributed by atoms with Crippen molar-refractivity contribution in [1.82, 2.24) is 9.55 Å². The first-order chi connectivity index (χ1) is 11.6. The van der Waals surface area contributed by atoms with Gasteiger partial charge in [0, 0.05) is 19.5 Å². The van der Waals surface area contributed by atoms with Gasteiger partial charge >= 0.3 is 5.82 Å². The highest BCUT2D eigenvalue weighted by Gasteiger charge is 2.30. The minimum Gasteiger partial charge on any atom is -0.395 e. The molecule has 24 heavy (non-hydrogen) atoms. The molecule has 8 heteroatoms. The summed E-state index contributed by atoms with van der Waals surface area (Å²) < 4.78 is 1.79. The molecule has 0 aliphatic heterocycles. The number of aromatic nitrogens is 2. The van der Waals surface area contributed by atoms with Crippen LogP contribution in [0.4, 0.5) is 11.6 Å². The molecule has 1 aromatic heterocycles. The van der Waals surface area contributed by atoms with Crippen molar-refractivity contribution in [3.05, 3.63) is 51.8 Å². The van der Waals surface area contributed by atoms with Crippen LogP contribution in [0.15, 0.2) is 30.3 Å². The van der Waals surface area contributed by atoms with E-state index < -0.39 is 4.92 Å². The number of nitro groups is 1. The molecule has 1 aromatic carbocycles. The molecule has 1 heterocycles. The SMILES string of the molecule is CCc1nc([N+](=O)[O-])c(N(CCO)CCO)n1Cc1ccccc1. The Bertz CT molecular complexity index is 666. The van der Waals surface area contributed by atoms with Crippen LogP contribution in [0.2, 0.25) is 0 Å². The Balaban J connectivity index is 2.54. The van der Waals surface area contributed by atoms with E-state index >= 15 is 0 Å². The third kappa shape index (κ3) is 3.90. The first-order valence-electron chi connectivity index (χ1n) is 7.86. The molecule has 0 atom stereocenters. The van der Waals surface area contributed by atoms with Crippen LogP contribution >= 0.6 is 0 Å². The highest BCUT2D eigenvalue weighted by Crippen LogP contribution is 2.30. The van der Waals surface area contributed by atoms with Gasteiger partial charge in [-0.15, -0.1) is 0 Å². The standard InChI is InChI=1S/C16H22N4O4/c1-2-14-17-15(20(23)24)16(18(8-10-21)9-11-22)19(14)12-13-6-4-3-5-7-13/h3-7,21-22H,2,8-12H2,1H3. The van der Waals surface area contributed by atoms with E-state index in [0.29, 0.717) is 24.6 Å². The molecule has 130 valence electrons. The maximum absolute atomic E-state index is 11.4. The van der Waals surface area contributed by atoms with E-state index in [0.717, 1.165) is 5.56 Å². The second kappa shape index (κ2) is 8.42. The lowest BCUT2D eigenvalue weighted by molar-refractivity contribution is -0.388. The number of benzene rings is 1. The van der Waals surface area contributed by atoms with Crippen LogP contribution in [0.3, 0.4) is 0 Å². The fourth-order valence-corrected chi connectivity index (χ4v) is 2.68. The molecule has 2 rings (SSSR count). The topological polar surface area (TPSA) is 105 Å². The van der Waals surface area contributed by atoms with Gasteiger partial charge in [-0.25, -0.2) is 0 Å². The Labute approximate surface area is 140 Å². The van der Waals surface area contributed by atoms with Gasteiger partial charge < -0.3 is 25.2 Å². The molecule has 0 saturated carbocycles. The maximum atomic E-state index is 11.4. The highest BCUT2D eigenvalue weighted by molar-refractivity contribution is 5.56. The van der Waals surface area contributed by atoms with Crippen molar-refractivity contribution in [2.24, 2.45) is 0 Å². The lowest BCUT2D eigenvalue weighted by atomic mass is 10.2. The average Bonchev–Trinajstić information content (AvgIpc) is 2.94. The maximum Gasteiger partial charge on any atom is 0.406 e. The van der Waals surface area contributed by atoms with Crippen molar-refractivity contribution < 1.29 is 15.1 Å². The summed E-state index contributed by atoms with van der Waals surface area (Å²) in [5.74, 6) is 0.676. The summed E-state index contributed by atoms with van der Waals surface area (Å²) >= 11 is 0. The van der Waals surface area contributed by atoms with Crippen LogP contribution in [-0.4, -0.2) is 51.0 Å². The molecular formula is C16H22N4O4. The normalized spacial score (nSPS) is 10.8. The van der Waals surface area contributed by atoms with Crippen molar-refractivity contribution in [2.45, 2.75) is 19.9 Å². The summed E-state index contributed by atoms with van der Waals surface area (Å²) in [6.07, 6.45) is 0.541. The van der Waals surface area contributed by atoms with Gasteiger partial charge in [0.15, 0.2) is 0 Å². The molecule has 0 saturated heterocycles. The summed E-state index contributed by atoms with van der Waals surface area (Å²) in [4.78, 5) is 16.7. The van der Waals surface area contributed by atoms with Crippen LogP contribution < -0.4 is 4.90 Å². The third-order valence-electron chi connectivity index (χ3n) is 3.71. The lowest BCUT2D eigenvalue weighted by Gasteiger charge is -2.23. The highest BCUT2D eigenvalue weighted by atomic mass is 16.6. The summed E-state index contributed by atoms with van der Waals surface area (Å²) in [6, 6.07) is 9.61. The Kier molecular flexibility index (Phi) is 6.28. The van der Waals surface area contributed by atoms with Gasteiger partial charge in [0.1, 0.15) is 0 Å². The molecule has 0 radical (unpaired) electrons. The monoisotopic (exact) mass is 334 g/mol. The largest absolute Gasteiger partial charge is 0.406 e. The summed E-state index contributed by atoms with van der Waals surface area (Å²) in [5.41, 5.74) is 0.994. The van der Waals surface area contributed by atoms with Crippen LogP contribution in [0.5, 0.6) is 0 Å². The Hall–Kier alpha value is -2.45. The molecule has 0 amide bonds. The zero-order chi connectivity index (χ0) is 17.5. The van der Waals surface area contributed by atoms with E-state index in [9.17, 15) is 20.3 Å². The lowest BCUT2D eigenvalue weighted by Crippen LogP contribution is -2.32. The number of hydrogen-bond donors (Lipinski definition) is 2. The minimum absolute atomic E-state index is 0.171. The molecular weight excluding hydrogens is 312 g/mol. The average molecular weight is 334 g/mol. The van der Waals surface area contributed by atoms with E-state index in [2.05, 4.69) is 4.98 Å². The van der Waals surface area contributed by atoms with E-state index in [1.54, 1.807) is 9.47 Å². The van der Waals surface area contributed by atoms with Crippen molar-refractivity contribution in [2.75, 3.05) is 31.2 Å². The Morgan fingerprint density at radius 2 is 1.83 bits per heavy atom.